The van der Waals surface area contributed by atoms with Gasteiger partial charge in [0.2, 0.25) is 0 Å². The van der Waals surface area contributed by atoms with Gasteiger partial charge in [0.05, 0.1) is 5.69 Å². The summed E-state index contributed by atoms with van der Waals surface area (Å²) in [6, 6.07) is 56.6. The van der Waals surface area contributed by atoms with Crippen molar-refractivity contribution < 1.29 is 0 Å². The minimum absolute atomic E-state index is 0.628. The van der Waals surface area contributed by atoms with E-state index in [1.54, 1.807) is 0 Å². The third-order valence-electron chi connectivity index (χ3n) is 9.12. The van der Waals surface area contributed by atoms with Gasteiger partial charge in [-0.25, -0.2) is 15.0 Å². The fraction of sp³-hybridized carbons (Fsp3) is 0.0213. The minimum Gasteiger partial charge on any atom is -0.263 e. The van der Waals surface area contributed by atoms with Gasteiger partial charge in [-0.1, -0.05) is 164 Å². The van der Waals surface area contributed by atoms with Crippen LogP contribution in [0.1, 0.15) is 12.5 Å². The number of hydrogen-bond acceptors (Lipinski definition) is 4. The molecule has 0 fully saturated rings. The van der Waals surface area contributed by atoms with Crippen molar-refractivity contribution in [2.75, 3.05) is 0 Å². The first-order chi connectivity index (χ1) is 25.2. The van der Waals surface area contributed by atoms with Crippen molar-refractivity contribution in [3.63, 3.8) is 0 Å². The van der Waals surface area contributed by atoms with Crippen LogP contribution < -0.4 is 0 Å². The summed E-state index contributed by atoms with van der Waals surface area (Å²) in [5, 5.41) is 2.24. The number of aliphatic imine (C=N–C) groups is 1. The van der Waals surface area contributed by atoms with Gasteiger partial charge >= 0.3 is 0 Å². The number of fused-ring (bicyclic) bond motifs is 1. The van der Waals surface area contributed by atoms with Crippen LogP contribution >= 0.6 is 0 Å². The Labute approximate surface area is 298 Å². The highest BCUT2D eigenvalue weighted by Gasteiger charge is 2.15. The summed E-state index contributed by atoms with van der Waals surface area (Å²) in [4.78, 5) is 19.3. The highest BCUT2D eigenvalue weighted by Crippen LogP contribution is 2.39. The van der Waals surface area contributed by atoms with Crippen molar-refractivity contribution >= 4 is 29.3 Å². The number of nitrogens with zero attached hydrogens (tertiary/aromatic N) is 4. The molecular formula is C47H34N4. The number of allylic oxidation sites excluding steroid dienone is 1. The summed E-state index contributed by atoms with van der Waals surface area (Å²) in [6.45, 7) is 5.88. The zero-order valence-electron chi connectivity index (χ0n) is 28.2. The maximum Gasteiger partial charge on any atom is 0.164 e. The lowest BCUT2D eigenvalue weighted by atomic mass is 9.92. The molecule has 0 aliphatic heterocycles. The molecule has 0 bridgehead atoms. The molecule has 51 heavy (non-hydrogen) atoms. The summed E-state index contributed by atoms with van der Waals surface area (Å²) in [7, 11) is 0. The van der Waals surface area contributed by atoms with Gasteiger partial charge in [-0.15, -0.1) is 0 Å². The van der Waals surface area contributed by atoms with Crippen LogP contribution in [0, 0.1) is 0 Å². The molecule has 8 aromatic rings. The van der Waals surface area contributed by atoms with E-state index in [1.807, 2.05) is 49.4 Å². The van der Waals surface area contributed by atoms with Crippen molar-refractivity contribution in [2.45, 2.75) is 6.92 Å². The molecule has 8 rings (SSSR count). The van der Waals surface area contributed by atoms with E-state index in [0.717, 1.165) is 66.5 Å². The molecule has 0 aliphatic rings. The van der Waals surface area contributed by atoms with Crippen LogP contribution in [-0.4, -0.2) is 21.7 Å². The highest BCUT2D eigenvalue weighted by atomic mass is 15.0. The number of hydrogen-bond donors (Lipinski definition) is 0. The van der Waals surface area contributed by atoms with E-state index in [1.165, 1.54) is 5.56 Å². The lowest BCUT2D eigenvalue weighted by Gasteiger charge is -2.13. The van der Waals surface area contributed by atoms with Crippen LogP contribution in [0.5, 0.6) is 0 Å². The standard InChI is InChI=1S/C47H34N4/c1-3-13-39-31-43(41-20-10-11-21-42(41)44(39)48-2)35-26-22-34(23-27-35)38-18-12-19-40(30-38)47-50-45(36-16-8-5-9-17-36)49-46(51-47)37-28-24-33(25-29-37)32-14-6-4-7-15-32/h3-31H,2H2,1H3/b13-3-. The van der Waals surface area contributed by atoms with Crippen molar-refractivity contribution in [3.8, 4) is 67.5 Å². The molecule has 0 saturated carbocycles. The van der Waals surface area contributed by atoms with Crippen molar-refractivity contribution in [2.24, 2.45) is 4.99 Å². The van der Waals surface area contributed by atoms with Gasteiger partial charge in [0.1, 0.15) is 0 Å². The Hall–Kier alpha value is -6.78. The lowest BCUT2D eigenvalue weighted by Crippen LogP contribution is -2.00. The Bertz CT molecular complexity index is 2520. The molecule has 1 aromatic heterocycles. The fourth-order valence-corrected chi connectivity index (χ4v) is 6.58. The first kappa shape index (κ1) is 31.5. The van der Waals surface area contributed by atoms with E-state index in [4.69, 9.17) is 15.0 Å². The minimum atomic E-state index is 0.628. The molecular weight excluding hydrogens is 621 g/mol. The molecule has 7 aromatic carbocycles. The normalized spacial score (nSPS) is 11.2. The van der Waals surface area contributed by atoms with Gasteiger partial charge in [0, 0.05) is 27.6 Å². The Kier molecular flexibility index (Phi) is 8.63. The SMILES string of the molecule is C=Nc1c(/C=C\C)cc(-c2ccc(-c3cccc(-c4nc(-c5ccccc5)nc(-c5ccc(-c6ccccc6)cc5)n4)c3)cc2)c2ccccc12. The van der Waals surface area contributed by atoms with Crippen molar-refractivity contribution in [3.05, 3.63) is 175 Å². The Morgan fingerprint density at radius 3 is 1.51 bits per heavy atom. The van der Waals surface area contributed by atoms with E-state index in [2.05, 4.69) is 145 Å². The van der Waals surface area contributed by atoms with Gasteiger partial charge < -0.3 is 0 Å². The Morgan fingerprint density at radius 1 is 0.431 bits per heavy atom. The third kappa shape index (κ3) is 6.39. The van der Waals surface area contributed by atoms with Gasteiger partial charge in [0.25, 0.3) is 0 Å². The Morgan fingerprint density at radius 2 is 0.882 bits per heavy atom. The summed E-state index contributed by atoms with van der Waals surface area (Å²) in [6.07, 6.45) is 4.13. The number of benzene rings is 7. The molecule has 1 heterocycles. The first-order valence-electron chi connectivity index (χ1n) is 17.0. The second kappa shape index (κ2) is 14.0. The van der Waals surface area contributed by atoms with Crippen LogP contribution in [0.3, 0.4) is 0 Å². The van der Waals surface area contributed by atoms with E-state index >= 15 is 0 Å². The maximum atomic E-state index is 5.02. The molecule has 0 unspecified atom stereocenters. The molecule has 0 saturated heterocycles. The molecule has 0 aliphatic carbocycles. The summed E-state index contributed by atoms with van der Waals surface area (Å²) in [5.74, 6) is 1.90. The van der Waals surface area contributed by atoms with Gasteiger partial charge in [-0.3, -0.25) is 4.99 Å². The van der Waals surface area contributed by atoms with E-state index in [-0.39, 0.29) is 0 Å². The van der Waals surface area contributed by atoms with E-state index < -0.39 is 0 Å². The third-order valence-corrected chi connectivity index (χ3v) is 9.12. The smallest absolute Gasteiger partial charge is 0.164 e. The summed E-state index contributed by atoms with van der Waals surface area (Å²) >= 11 is 0. The average molecular weight is 655 g/mol. The number of aromatic nitrogens is 3. The average Bonchev–Trinajstić information content (AvgIpc) is 3.21. The molecule has 0 N–H and O–H groups in total. The van der Waals surface area contributed by atoms with E-state index in [0.29, 0.717) is 17.5 Å². The zero-order valence-corrected chi connectivity index (χ0v) is 28.2. The highest BCUT2D eigenvalue weighted by molar-refractivity contribution is 6.06. The maximum absolute atomic E-state index is 5.02. The fourth-order valence-electron chi connectivity index (χ4n) is 6.58. The van der Waals surface area contributed by atoms with Gasteiger partial charge in [-0.05, 0) is 64.5 Å². The van der Waals surface area contributed by atoms with E-state index in [9.17, 15) is 0 Å². The largest absolute Gasteiger partial charge is 0.263 e. The molecule has 0 atom stereocenters. The predicted molar refractivity (Wildman–Crippen MR) is 214 cm³/mol. The van der Waals surface area contributed by atoms with Gasteiger partial charge in [0.15, 0.2) is 17.5 Å². The Balaban J connectivity index is 1.17. The van der Waals surface area contributed by atoms with Crippen LogP contribution in [0.25, 0.3) is 84.4 Å². The molecule has 0 amide bonds. The zero-order chi connectivity index (χ0) is 34.6. The lowest BCUT2D eigenvalue weighted by molar-refractivity contribution is 1.07. The monoisotopic (exact) mass is 654 g/mol. The quantitative estimate of drug-likeness (QED) is 0.153. The summed E-state index contributed by atoms with van der Waals surface area (Å²) < 4.78 is 0. The molecule has 4 heteroatoms. The second-order valence-electron chi connectivity index (χ2n) is 12.3. The van der Waals surface area contributed by atoms with Crippen LogP contribution in [0.2, 0.25) is 0 Å². The predicted octanol–water partition coefficient (Wildman–Crippen LogP) is 12.4. The number of rotatable bonds is 8. The van der Waals surface area contributed by atoms with Crippen LogP contribution in [0.4, 0.5) is 5.69 Å². The van der Waals surface area contributed by atoms with Crippen molar-refractivity contribution in [1.29, 1.82) is 0 Å². The second-order valence-corrected chi connectivity index (χ2v) is 12.3. The van der Waals surface area contributed by atoms with Crippen LogP contribution in [-0.2, 0) is 0 Å². The molecule has 0 radical (unpaired) electrons. The van der Waals surface area contributed by atoms with Crippen molar-refractivity contribution in [1.82, 2.24) is 15.0 Å². The van der Waals surface area contributed by atoms with Gasteiger partial charge in [-0.2, -0.15) is 0 Å². The van der Waals surface area contributed by atoms with Crippen LogP contribution in [0.15, 0.2) is 175 Å². The molecule has 4 nitrogen and oxygen atoms in total. The molecule has 0 spiro atoms. The molecule has 242 valence electrons. The first-order valence-corrected chi connectivity index (χ1v) is 17.0. The summed E-state index contributed by atoms with van der Waals surface area (Å²) in [5.41, 5.74) is 11.6. The topological polar surface area (TPSA) is 51.0 Å².